The van der Waals surface area contributed by atoms with E-state index in [1.807, 2.05) is 85.0 Å². The van der Waals surface area contributed by atoms with Crippen LogP contribution in [0.3, 0.4) is 0 Å². The van der Waals surface area contributed by atoms with Crippen LogP contribution in [0.15, 0.2) is 91.6 Å². The minimum absolute atomic E-state index is 0. The van der Waals surface area contributed by atoms with Gasteiger partial charge < -0.3 is 33.5 Å². The lowest BCUT2D eigenvalue weighted by Gasteiger charge is -2.47. The lowest BCUT2D eigenvalue weighted by molar-refractivity contribution is -0.140. The number of hydrogen-bond acceptors (Lipinski definition) is 13. The van der Waals surface area contributed by atoms with Gasteiger partial charge in [0.25, 0.3) is 0 Å². The van der Waals surface area contributed by atoms with E-state index in [4.69, 9.17) is 25.8 Å². The monoisotopic (exact) mass is 1590 g/mol. The first-order valence-corrected chi connectivity index (χ1v) is 42.6. The number of pyridine rings is 4. The number of hydrogen-bond donors (Lipinski definition) is 1. The Morgan fingerprint density at radius 2 is 1.23 bits per heavy atom. The van der Waals surface area contributed by atoms with Crippen LogP contribution >= 0.6 is 11.6 Å². The Morgan fingerprint density at radius 3 is 1.72 bits per heavy atom. The van der Waals surface area contributed by atoms with Crippen molar-refractivity contribution in [2.24, 2.45) is 33.5 Å². The minimum atomic E-state index is -2.91. The highest BCUT2D eigenvalue weighted by Crippen LogP contribution is 2.46. The standard InChI is InChI=1S/C13H23NO.C12H16ClNO.C12H17NO.2C11H14N2.C10H16N2O.C8H16O.C7H15NO.C7H16O2S.CH4/c1-13(2,3)10-7-8-11-5-4-6-12(15)14(11)9-10;1-12(2,3)8-4-10-11(15-7-8)5-9(13)6-14-10;1-12(2,3)9-6-7-13-10-5-4-8-14-11(9)10;1-11(2,3)9-8-12-10-6-4-5-7-13(9)10;1-11(2,3)10-8-9-6-4-5-7-13(9)12-10;1-10(2,3)8-7-9-12(11-8)5-4-6-13-9;1-7(2,3)8(9)5-4-6-8;1-7(2,3)6(9)8(4)5;1-6(2)10(8,9)7(3,4)5;/h10-11H,4-9H2,1-3H3;5-6,8H,4,7H2,1-3H3;6-7H,4-5,8H2,1-3H3;2*4-8H,1-3H3;7H,4-6H2,1-3H3;9H,4-6H2,1-3H3;1-5H3;6H,1-5H3;1H4/t10?,11-;;;;;;;;;/m1........./s1. The van der Waals surface area contributed by atoms with E-state index in [-0.39, 0.29) is 62.1 Å². The van der Waals surface area contributed by atoms with Crippen molar-refractivity contribution in [3.63, 3.8) is 0 Å². The zero-order valence-corrected chi connectivity index (χ0v) is 76.1. The second-order valence-corrected chi connectivity index (χ2v) is 44.4. The smallest absolute Gasteiger partial charge is 0.227 e. The molecule has 20 heteroatoms. The molecular formula is C92H151ClN10O8S. The van der Waals surface area contributed by atoms with E-state index < -0.39 is 14.6 Å². The number of aryl methyl sites for hydroxylation is 2. The van der Waals surface area contributed by atoms with E-state index >= 15 is 0 Å². The Balaban J connectivity index is 0.000000267. The van der Waals surface area contributed by atoms with E-state index in [1.54, 1.807) is 59.8 Å². The number of ether oxygens (including phenoxy) is 3. The number of imidazole rings is 1. The summed E-state index contributed by atoms with van der Waals surface area (Å²) >= 11 is 5.86. The second-order valence-electron chi connectivity index (χ2n) is 40.8. The second kappa shape index (κ2) is 39.4. The fraction of sp³-hybridized carbons (Fsp3) is 0.685. The van der Waals surface area contributed by atoms with E-state index in [0.717, 1.165) is 136 Å². The number of aliphatic hydroxyl groups is 1. The van der Waals surface area contributed by atoms with Gasteiger partial charge in [-0.05, 0) is 163 Å². The van der Waals surface area contributed by atoms with Gasteiger partial charge in [0, 0.05) is 128 Å². The van der Waals surface area contributed by atoms with Gasteiger partial charge in [0.2, 0.25) is 17.7 Å². The number of nitrogens with zero attached hydrogens (tertiary/aromatic N) is 10. The van der Waals surface area contributed by atoms with Crippen LogP contribution < -0.4 is 14.2 Å². The molecule has 112 heavy (non-hydrogen) atoms. The predicted molar refractivity (Wildman–Crippen MR) is 465 cm³/mol. The van der Waals surface area contributed by atoms with Crippen molar-refractivity contribution < 1.29 is 37.3 Å². The first-order valence-electron chi connectivity index (χ1n) is 40.7. The highest BCUT2D eigenvalue weighted by Gasteiger charge is 2.45. The van der Waals surface area contributed by atoms with Gasteiger partial charge in [-0.15, -0.1) is 0 Å². The third-order valence-corrected chi connectivity index (χ3v) is 24.6. The van der Waals surface area contributed by atoms with Crippen molar-refractivity contribution >= 4 is 44.4 Å². The van der Waals surface area contributed by atoms with Crippen LogP contribution in [0.1, 0.15) is 306 Å². The number of sulfone groups is 1. The van der Waals surface area contributed by atoms with Gasteiger partial charge in [-0.2, -0.15) is 10.2 Å². The maximum atomic E-state index is 11.8. The van der Waals surface area contributed by atoms with Crippen LogP contribution in [0.2, 0.25) is 5.02 Å². The molecule has 13 rings (SSSR count). The summed E-state index contributed by atoms with van der Waals surface area (Å²) in [5.41, 5.74) is 9.80. The summed E-state index contributed by atoms with van der Waals surface area (Å²) in [4.78, 5) is 39.7. The van der Waals surface area contributed by atoms with Crippen molar-refractivity contribution in [3.05, 3.63) is 131 Å². The Kier molecular flexibility index (Phi) is 34.4. The molecule has 1 saturated carbocycles. The van der Waals surface area contributed by atoms with Crippen LogP contribution in [-0.4, -0.2) is 136 Å². The molecule has 1 N–H and O–H groups in total. The molecular weight excluding hydrogens is 1440 g/mol. The van der Waals surface area contributed by atoms with Gasteiger partial charge in [0.1, 0.15) is 17.1 Å². The van der Waals surface area contributed by atoms with Crippen LogP contribution in [0.25, 0.3) is 11.2 Å². The SMILES string of the molecule is C.CC(C)(C)C1(O)CCC1.CC(C)(C)C1CC[C@H]2CCCC(=O)N2C1.CC(C)(C)C1COc2cc(Cl)cnc2C1.CC(C)(C)c1cc2ccccn2n1.CC(C)(C)c1cc2n(n1)CCCO2.CC(C)(C)c1ccnc2c1OCCC2.CC(C)(C)c1cnc2ccccn12.CC(C)S(=O)(=O)C(C)(C)C.CN(C)C(=O)C(C)(C)C. The number of rotatable bonds is 1. The molecule has 0 aromatic carbocycles. The molecule has 2 saturated heterocycles. The lowest BCUT2D eigenvalue weighted by Crippen LogP contribution is -2.51. The summed E-state index contributed by atoms with van der Waals surface area (Å²) in [5, 5.41) is 19.1. The molecule has 7 aromatic heterocycles. The van der Waals surface area contributed by atoms with Crippen molar-refractivity contribution in [2.45, 2.75) is 335 Å². The van der Waals surface area contributed by atoms with Gasteiger partial charge in [-0.1, -0.05) is 197 Å². The molecule has 7 aromatic rings. The molecule has 0 spiro atoms. The number of carbonyl (C=O) groups is 2. The summed E-state index contributed by atoms with van der Waals surface area (Å²) in [6.07, 6.45) is 22.6. The normalized spacial score (nSPS) is 18.1. The van der Waals surface area contributed by atoms with Crippen molar-refractivity contribution in [1.82, 2.24) is 48.5 Å². The van der Waals surface area contributed by atoms with Crippen molar-refractivity contribution in [2.75, 3.05) is 40.5 Å². The Labute approximate surface area is 683 Å². The predicted octanol–water partition coefficient (Wildman–Crippen LogP) is 21.4. The van der Waals surface area contributed by atoms with Crippen molar-refractivity contribution in [1.29, 1.82) is 0 Å². The van der Waals surface area contributed by atoms with Gasteiger partial charge in [-0.3, -0.25) is 19.6 Å². The van der Waals surface area contributed by atoms with E-state index in [0.29, 0.717) is 34.2 Å². The van der Waals surface area contributed by atoms with Crippen LogP contribution in [0.5, 0.6) is 17.4 Å². The number of fused-ring (bicyclic) bond motifs is 6. The molecule has 2 unspecified atom stereocenters. The number of aromatic nitrogens is 8. The summed E-state index contributed by atoms with van der Waals surface area (Å²) < 4.78 is 45.0. The van der Waals surface area contributed by atoms with E-state index in [9.17, 15) is 23.1 Å². The Hall–Kier alpha value is -6.57. The molecule has 6 aliphatic rings. The maximum Gasteiger partial charge on any atom is 0.227 e. The van der Waals surface area contributed by atoms with Gasteiger partial charge in [0.15, 0.2) is 9.84 Å². The first-order chi connectivity index (χ1) is 50.8. The Morgan fingerprint density at radius 1 is 0.634 bits per heavy atom. The molecule has 5 aliphatic heterocycles. The van der Waals surface area contributed by atoms with E-state index in [1.165, 1.54) is 36.9 Å². The summed E-state index contributed by atoms with van der Waals surface area (Å²) in [6.45, 7) is 64.9. The molecule has 2 amide bonds. The van der Waals surface area contributed by atoms with Gasteiger partial charge >= 0.3 is 0 Å². The molecule has 3 fully saturated rings. The summed E-state index contributed by atoms with van der Waals surface area (Å²) in [5.74, 6) is 4.60. The van der Waals surface area contributed by atoms with Crippen LogP contribution in [-0.2, 0) is 60.5 Å². The highest BCUT2D eigenvalue weighted by molar-refractivity contribution is 7.93. The average molecular weight is 1590 g/mol. The maximum absolute atomic E-state index is 11.8. The number of carbonyl (C=O) groups excluding carboxylic acids is 2. The Bertz CT molecular complexity index is 4130. The highest BCUT2D eigenvalue weighted by atomic mass is 35.5. The largest absolute Gasteiger partial charge is 0.491 e. The fourth-order valence-electron chi connectivity index (χ4n) is 13.4. The summed E-state index contributed by atoms with van der Waals surface area (Å²) in [6, 6.07) is 20.8. The lowest BCUT2D eigenvalue weighted by atomic mass is 9.64. The van der Waals surface area contributed by atoms with Crippen molar-refractivity contribution in [3.8, 4) is 17.4 Å². The molecule has 18 nitrogen and oxygen atoms in total. The molecule has 12 heterocycles. The van der Waals surface area contributed by atoms with Gasteiger partial charge in [-0.25, -0.2) is 22.6 Å². The molecule has 1 aliphatic carbocycles. The molecule has 0 bridgehead atoms. The zero-order chi connectivity index (χ0) is 84.1. The molecule has 0 radical (unpaired) electrons. The third-order valence-electron chi connectivity index (χ3n) is 21.5. The molecule has 3 atom stereocenters. The topological polar surface area (TPSA) is 201 Å². The third kappa shape index (κ3) is 28.4. The van der Waals surface area contributed by atoms with Crippen LogP contribution in [0.4, 0.5) is 0 Å². The minimum Gasteiger partial charge on any atom is -0.491 e. The number of halogens is 1. The first kappa shape index (κ1) is 97.8. The summed E-state index contributed by atoms with van der Waals surface area (Å²) in [7, 11) is 0.628. The van der Waals surface area contributed by atoms with Gasteiger partial charge in [0.05, 0.1) is 68.7 Å². The van der Waals surface area contributed by atoms with E-state index in [2.05, 4.69) is 210 Å². The average Bonchev–Trinajstić information content (AvgIpc) is 1.47. The zero-order valence-electron chi connectivity index (χ0n) is 74.6. The quantitative estimate of drug-likeness (QED) is 0.163. The number of amides is 2. The fourth-order valence-corrected chi connectivity index (χ4v) is 15.0. The van der Waals surface area contributed by atoms with Crippen LogP contribution in [0, 0.1) is 33.5 Å². The number of piperidine rings is 2. The molecule has 630 valence electrons.